The summed E-state index contributed by atoms with van der Waals surface area (Å²) in [5.41, 5.74) is 0. The Morgan fingerprint density at radius 3 is 1.88 bits per heavy atom. The van der Waals surface area contributed by atoms with Gasteiger partial charge in [-0.3, -0.25) is 0 Å². The fraction of sp³-hybridized carbons (Fsp3) is 0. The minimum Gasteiger partial charge on any atom is -0.464 e. The summed E-state index contributed by atoms with van der Waals surface area (Å²) in [6.07, 6.45) is -3.94. The fourth-order valence-corrected chi connectivity index (χ4v) is 0.0713. The molecule has 0 rings (SSSR count). The molecule has 0 fully saturated rings. The predicted molar refractivity (Wildman–Crippen MR) is 14.5 cm³/mol. The normalized spacial score (nSPS) is 6.50. The van der Waals surface area contributed by atoms with Gasteiger partial charge in [-0.1, -0.05) is 0 Å². The molecular formula is C2HKO5. The molecular weight excluding hydrogens is 143 g/mol. The van der Waals surface area contributed by atoms with Gasteiger partial charge in [0.05, 0.1) is 0 Å². The fourth-order valence-electron chi connectivity index (χ4n) is 0.0713. The van der Waals surface area contributed by atoms with E-state index in [0.717, 1.165) is 0 Å². The van der Waals surface area contributed by atoms with Crippen molar-refractivity contribution < 1.29 is 75.9 Å². The molecule has 0 aromatic rings. The summed E-state index contributed by atoms with van der Waals surface area (Å²) < 4.78 is 2.97. The van der Waals surface area contributed by atoms with E-state index in [1.54, 1.807) is 0 Å². The van der Waals surface area contributed by atoms with E-state index in [4.69, 9.17) is 19.8 Å². The molecule has 8 heavy (non-hydrogen) atoms. The first-order valence-corrected chi connectivity index (χ1v) is 1.24. The molecule has 0 aliphatic heterocycles. The Bertz CT molecular complexity index is 86.6. The van der Waals surface area contributed by atoms with Crippen LogP contribution in [-0.4, -0.2) is 17.4 Å². The molecule has 0 aliphatic rings. The summed E-state index contributed by atoms with van der Waals surface area (Å²) in [4.78, 5) is 18.3. The molecule has 40 valence electrons. The standard InChI is InChI=1S/C2H2O5.K/c3-1(4)7-2(5)6;/h(H,3,4)(H,5,6);/q;+1/p-1. The third-order valence-corrected chi connectivity index (χ3v) is 0.171. The van der Waals surface area contributed by atoms with E-state index in [9.17, 15) is 0 Å². The first-order valence-electron chi connectivity index (χ1n) is 1.24. The van der Waals surface area contributed by atoms with Crippen molar-refractivity contribution in [3.63, 3.8) is 0 Å². The average molecular weight is 144 g/mol. The Balaban J connectivity index is 0. The first kappa shape index (κ1) is 11.2. The van der Waals surface area contributed by atoms with Crippen molar-refractivity contribution in [1.82, 2.24) is 0 Å². The molecule has 0 saturated carbocycles. The minimum atomic E-state index is -2.06. The second-order valence-electron chi connectivity index (χ2n) is 0.618. The maximum Gasteiger partial charge on any atom is 1.00 e. The van der Waals surface area contributed by atoms with Crippen molar-refractivity contribution in [2.45, 2.75) is 0 Å². The average Bonchev–Trinajstić information content (AvgIpc) is 1.27. The molecule has 6 heteroatoms. The second kappa shape index (κ2) is 5.51. The van der Waals surface area contributed by atoms with Gasteiger partial charge in [0.1, 0.15) is 0 Å². The Hall–Kier alpha value is 0.376. The summed E-state index contributed by atoms with van der Waals surface area (Å²) in [5.74, 6) is 0. The molecule has 0 unspecified atom stereocenters. The maximum absolute atomic E-state index is 9.17. The zero-order valence-corrected chi connectivity index (χ0v) is 7.20. The summed E-state index contributed by atoms with van der Waals surface area (Å²) in [5, 5.41) is 16.5. The van der Waals surface area contributed by atoms with Gasteiger partial charge in [-0.15, -0.1) is 0 Å². The van der Waals surface area contributed by atoms with Crippen LogP contribution in [0.3, 0.4) is 0 Å². The van der Waals surface area contributed by atoms with Crippen LogP contribution in [0.25, 0.3) is 0 Å². The van der Waals surface area contributed by atoms with Crippen LogP contribution >= 0.6 is 0 Å². The Kier molecular flexibility index (Phi) is 7.72. The van der Waals surface area contributed by atoms with Crippen LogP contribution in [0.1, 0.15) is 0 Å². The summed E-state index contributed by atoms with van der Waals surface area (Å²) in [7, 11) is 0. The van der Waals surface area contributed by atoms with Gasteiger partial charge in [0.15, 0.2) is 0 Å². The molecule has 0 spiro atoms. The van der Waals surface area contributed by atoms with E-state index in [1.165, 1.54) is 0 Å². The topological polar surface area (TPSA) is 86.7 Å². The van der Waals surface area contributed by atoms with E-state index >= 15 is 0 Å². The van der Waals surface area contributed by atoms with Crippen LogP contribution in [0.2, 0.25) is 0 Å². The first-order chi connectivity index (χ1) is 3.13. The number of carbonyl (C=O) groups excluding carboxylic acids is 1. The maximum atomic E-state index is 9.17. The van der Waals surface area contributed by atoms with Crippen molar-refractivity contribution in [2.75, 3.05) is 0 Å². The third kappa shape index (κ3) is 9.62. The van der Waals surface area contributed by atoms with Crippen molar-refractivity contribution in [3.8, 4) is 0 Å². The molecule has 0 bridgehead atoms. The molecule has 0 atom stereocenters. The molecule has 0 saturated heterocycles. The molecule has 0 heterocycles. The van der Waals surface area contributed by atoms with Crippen molar-refractivity contribution in [3.05, 3.63) is 0 Å². The molecule has 0 aromatic carbocycles. The number of ether oxygens (including phenoxy) is 1. The number of carboxylic acid groups (broad SMARTS) is 2. The van der Waals surface area contributed by atoms with Crippen LogP contribution < -0.4 is 56.5 Å². The molecule has 0 amide bonds. The Morgan fingerprint density at radius 1 is 1.50 bits per heavy atom. The van der Waals surface area contributed by atoms with E-state index < -0.39 is 12.3 Å². The molecule has 5 nitrogen and oxygen atoms in total. The third-order valence-electron chi connectivity index (χ3n) is 0.171. The molecule has 0 radical (unpaired) electrons. The number of hydrogen-bond acceptors (Lipinski definition) is 4. The van der Waals surface area contributed by atoms with Crippen LogP contribution in [0.15, 0.2) is 0 Å². The van der Waals surface area contributed by atoms with Gasteiger partial charge in [0.25, 0.3) is 6.16 Å². The molecule has 1 N–H and O–H groups in total. The van der Waals surface area contributed by atoms with Crippen LogP contribution in [-0.2, 0) is 4.74 Å². The van der Waals surface area contributed by atoms with Gasteiger partial charge < -0.3 is 19.7 Å². The van der Waals surface area contributed by atoms with Crippen LogP contribution in [0, 0.1) is 0 Å². The second-order valence-corrected chi connectivity index (χ2v) is 0.618. The van der Waals surface area contributed by atoms with Crippen LogP contribution in [0.5, 0.6) is 0 Å². The van der Waals surface area contributed by atoms with E-state index in [1.807, 2.05) is 0 Å². The van der Waals surface area contributed by atoms with Gasteiger partial charge >= 0.3 is 57.5 Å². The molecule has 0 aromatic heterocycles. The largest absolute Gasteiger partial charge is 1.00 e. The van der Waals surface area contributed by atoms with Crippen molar-refractivity contribution in [1.29, 1.82) is 0 Å². The van der Waals surface area contributed by atoms with E-state index in [2.05, 4.69) is 4.74 Å². The van der Waals surface area contributed by atoms with Crippen LogP contribution in [0.4, 0.5) is 9.59 Å². The molecule has 0 aliphatic carbocycles. The zero-order chi connectivity index (χ0) is 5.86. The van der Waals surface area contributed by atoms with Crippen molar-refractivity contribution >= 4 is 12.3 Å². The number of hydrogen-bond donors (Lipinski definition) is 1. The quantitative estimate of drug-likeness (QED) is 0.213. The van der Waals surface area contributed by atoms with Gasteiger partial charge in [-0.2, -0.15) is 0 Å². The van der Waals surface area contributed by atoms with Crippen molar-refractivity contribution in [2.24, 2.45) is 0 Å². The zero-order valence-electron chi connectivity index (χ0n) is 4.08. The predicted octanol–water partition coefficient (Wildman–Crippen LogP) is -3.97. The van der Waals surface area contributed by atoms with Gasteiger partial charge in [-0.25, -0.2) is 4.79 Å². The van der Waals surface area contributed by atoms with E-state index in [0.29, 0.717) is 0 Å². The van der Waals surface area contributed by atoms with Gasteiger partial charge in [0.2, 0.25) is 0 Å². The van der Waals surface area contributed by atoms with Gasteiger partial charge in [-0.05, 0) is 0 Å². The SMILES string of the molecule is O=C([O-])OC(=O)O.[K+]. The Morgan fingerprint density at radius 2 is 1.88 bits per heavy atom. The summed E-state index contributed by atoms with van der Waals surface area (Å²) in [6.45, 7) is 0. The summed E-state index contributed by atoms with van der Waals surface area (Å²) >= 11 is 0. The smallest absolute Gasteiger partial charge is 0.464 e. The Labute approximate surface area is 87.1 Å². The summed E-state index contributed by atoms with van der Waals surface area (Å²) in [6, 6.07) is 0. The van der Waals surface area contributed by atoms with E-state index in [-0.39, 0.29) is 51.4 Å². The number of rotatable bonds is 0. The minimum absolute atomic E-state index is 0. The van der Waals surface area contributed by atoms with Gasteiger partial charge in [0, 0.05) is 0 Å². The monoisotopic (exact) mass is 144 g/mol. The number of carbonyl (C=O) groups is 2.